The van der Waals surface area contributed by atoms with Crippen LogP contribution in [-0.2, 0) is 0 Å². The average Bonchev–Trinajstić information content (AvgIpc) is 3.23. The van der Waals surface area contributed by atoms with Gasteiger partial charge in [0.15, 0.2) is 0 Å². The van der Waals surface area contributed by atoms with E-state index in [2.05, 4.69) is 72.1 Å². The molecule has 0 unspecified atom stereocenters. The number of nitro benzene ring substituents is 1. The number of para-hydroxylation sites is 1. The fraction of sp³-hybridized carbons (Fsp3) is 0.0357. The van der Waals surface area contributed by atoms with Crippen LogP contribution in [-0.4, -0.2) is 14.3 Å². The van der Waals surface area contributed by atoms with Gasteiger partial charge in [-0.2, -0.15) is 0 Å². The number of fused-ring (bicyclic) bond motifs is 5. The molecule has 5 heteroatoms. The number of aryl methyl sites for hydroxylation is 1. The van der Waals surface area contributed by atoms with Gasteiger partial charge in [0.25, 0.3) is 5.69 Å². The van der Waals surface area contributed by atoms with E-state index in [1.165, 1.54) is 5.56 Å². The molecule has 0 saturated carbocycles. The Hall–Kier alpha value is -4.51. The van der Waals surface area contributed by atoms with Crippen LogP contribution in [0.1, 0.15) is 5.56 Å². The molecule has 0 atom stereocenters. The molecule has 0 bridgehead atoms. The van der Waals surface area contributed by atoms with E-state index in [-0.39, 0.29) is 10.6 Å². The monoisotopic (exact) mass is 429 g/mol. The second-order valence-electron chi connectivity index (χ2n) is 8.27. The smallest absolute Gasteiger partial charge is 0.269 e. The zero-order valence-corrected chi connectivity index (χ0v) is 17.9. The van der Waals surface area contributed by atoms with Crippen molar-refractivity contribution >= 4 is 33.0 Å². The molecule has 0 aliphatic heterocycles. The van der Waals surface area contributed by atoms with E-state index in [1.54, 1.807) is 24.3 Å². The third kappa shape index (κ3) is 3.13. The molecule has 0 fully saturated rings. The number of non-ortho nitro benzene ring substituents is 1. The number of hydrogen-bond acceptors (Lipinski definition) is 3. The van der Waals surface area contributed by atoms with Gasteiger partial charge in [0.2, 0.25) is 0 Å². The Morgan fingerprint density at radius 2 is 1.48 bits per heavy atom. The van der Waals surface area contributed by atoms with Crippen LogP contribution in [0.25, 0.3) is 49.7 Å². The molecular weight excluding hydrogens is 410 g/mol. The molecule has 33 heavy (non-hydrogen) atoms. The lowest BCUT2D eigenvalue weighted by Gasteiger charge is -2.10. The number of nitro groups is 1. The van der Waals surface area contributed by atoms with Gasteiger partial charge in [-0.05, 0) is 48.4 Å². The minimum absolute atomic E-state index is 0.0866. The normalized spacial score (nSPS) is 11.4. The van der Waals surface area contributed by atoms with Crippen LogP contribution in [0.3, 0.4) is 0 Å². The lowest BCUT2D eigenvalue weighted by atomic mass is 10.0. The van der Waals surface area contributed by atoms with Gasteiger partial charge in [-0.25, -0.2) is 4.98 Å². The summed E-state index contributed by atoms with van der Waals surface area (Å²) in [6.07, 6.45) is 2.09. The van der Waals surface area contributed by atoms with Crippen molar-refractivity contribution in [2.75, 3.05) is 0 Å². The summed E-state index contributed by atoms with van der Waals surface area (Å²) in [5, 5.41) is 13.3. The minimum Gasteiger partial charge on any atom is -0.314 e. The molecule has 3 aromatic carbocycles. The molecule has 0 aliphatic carbocycles. The molecule has 0 N–H and O–H groups in total. The number of pyridine rings is 2. The van der Waals surface area contributed by atoms with E-state index in [4.69, 9.17) is 4.98 Å². The topological polar surface area (TPSA) is 60.4 Å². The maximum absolute atomic E-state index is 11.0. The van der Waals surface area contributed by atoms with E-state index in [1.807, 2.05) is 12.1 Å². The van der Waals surface area contributed by atoms with Gasteiger partial charge in [0, 0.05) is 40.2 Å². The zero-order chi connectivity index (χ0) is 22.5. The molecular formula is C28H19N3O2. The van der Waals surface area contributed by atoms with Crippen molar-refractivity contribution in [1.29, 1.82) is 0 Å². The van der Waals surface area contributed by atoms with E-state index in [0.717, 1.165) is 49.7 Å². The minimum atomic E-state index is -0.378. The van der Waals surface area contributed by atoms with Crippen molar-refractivity contribution in [2.24, 2.45) is 0 Å². The van der Waals surface area contributed by atoms with Gasteiger partial charge in [0.05, 0.1) is 21.7 Å². The Morgan fingerprint density at radius 1 is 0.788 bits per heavy atom. The summed E-state index contributed by atoms with van der Waals surface area (Å²) in [5.41, 5.74) is 8.29. The number of nitrogens with zero attached hydrogens (tertiary/aromatic N) is 3. The summed E-state index contributed by atoms with van der Waals surface area (Å²) >= 11 is 0. The molecule has 6 aromatic rings. The number of aromatic nitrogens is 2. The van der Waals surface area contributed by atoms with Crippen LogP contribution in [0.15, 0.2) is 97.2 Å². The number of rotatable bonds is 3. The van der Waals surface area contributed by atoms with Crippen molar-refractivity contribution < 1.29 is 4.92 Å². The molecule has 0 saturated heterocycles. The van der Waals surface area contributed by atoms with E-state index in [0.29, 0.717) is 0 Å². The lowest BCUT2D eigenvalue weighted by Crippen LogP contribution is -1.93. The summed E-state index contributed by atoms with van der Waals surface area (Å²) in [6, 6.07) is 29.7. The first kappa shape index (κ1) is 19.2. The maximum atomic E-state index is 11.0. The van der Waals surface area contributed by atoms with E-state index >= 15 is 0 Å². The average molecular weight is 429 g/mol. The Kier molecular flexibility index (Phi) is 4.23. The summed E-state index contributed by atoms with van der Waals surface area (Å²) in [6.45, 7) is 2.08. The molecule has 0 aliphatic rings. The van der Waals surface area contributed by atoms with Crippen LogP contribution in [0.5, 0.6) is 0 Å². The third-order valence-electron chi connectivity index (χ3n) is 6.16. The second kappa shape index (κ2) is 7.28. The molecule has 0 spiro atoms. The first-order valence-corrected chi connectivity index (χ1v) is 10.7. The van der Waals surface area contributed by atoms with Gasteiger partial charge in [0.1, 0.15) is 0 Å². The van der Waals surface area contributed by atoms with E-state index in [9.17, 15) is 10.1 Å². The highest BCUT2D eigenvalue weighted by molar-refractivity contribution is 6.12. The van der Waals surface area contributed by atoms with Crippen molar-refractivity contribution in [2.45, 2.75) is 6.92 Å². The number of benzene rings is 3. The highest BCUT2D eigenvalue weighted by Gasteiger charge is 2.15. The second-order valence-corrected chi connectivity index (χ2v) is 8.27. The summed E-state index contributed by atoms with van der Waals surface area (Å²) < 4.78 is 2.18. The third-order valence-corrected chi connectivity index (χ3v) is 6.16. The summed E-state index contributed by atoms with van der Waals surface area (Å²) in [4.78, 5) is 15.7. The van der Waals surface area contributed by atoms with Crippen LogP contribution >= 0.6 is 0 Å². The fourth-order valence-electron chi connectivity index (χ4n) is 4.45. The van der Waals surface area contributed by atoms with E-state index < -0.39 is 0 Å². The highest BCUT2D eigenvalue weighted by atomic mass is 16.6. The van der Waals surface area contributed by atoms with Crippen LogP contribution in [0, 0.1) is 17.0 Å². The Morgan fingerprint density at radius 3 is 2.24 bits per heavy atom. The zero-order valence-electron chi connectivity index (χ0n) is 17.9. The molecule has 6 rings (SSSR count). The predicted molar refractivity (Wildman–Crippen MR) is 132 cm³/mol. The number of hydrogen-bond donors (Lipinski definition) is 0. The first-order chi connectivity index (χ1) is 16.1. The predicted octanol–water partition coefficient (Wildman–Crippen LogP) is 7.19. The Labute approximate surface area is 189 Å². The van der Waals surface area contributed by atoms with Crippen LogP contribution < -0.4 is 0 Å². The summed E-state index contributed by atoms with van der Waals surface area (Å²) in [7, 11) is 0. The molecule has 158 valence electrons. The Bertz CT molecular complexity index is 1680. The molecule has 5 nitrogen and oxygen atoms in total. The molecule has 3 heterocycles. The van der Waals surface area contributed by atoms with Gasteiger partial charge < -0.3 is 4.40 Å². The summed E-state index contributed by atoms with van der Waals surface area (Å²) in [5.74, 6) is 0. The van der Waals surface area contributed by atoms with Gasteiger partial charge in [-0.15, -0.1) is 0 Å². The van der Waals surface area contributed by atoms with Crippen molar-refractivity contribution in [1.82, 2.24) is 9.38 Å². The largest absolute Gasteiger partial charge is 0.314 e. The van der Waals surface area contributed by atoms with Crippen LogP contribution in [0.2, 0.25) is 0 Å². The fourth-order valence-corrected chi connectivity index (χ4v) is 4.45. The van der Waals surface area contributed by atoms with Gasteiger partial charge >= 0.3 is 0 Å². The van der Waals surface area contributed by atoms with Crippen LogP contribution in [0.4, 0.5) is 5.69 Å². The maximum Gasteiger partial charge on any atom is 0.269 e. The molecule has 0 radical (unpaired) electrons. The van der Waals surface area contributed by atoms with Crippen molar-refractivity contribution in [3.8, 4) is 22.4 Å². The quantitative estimate of drug-likeness (QED) is 0.221. The van der Waals surface area contributed by atoms with Crippen molar-refractivity contribution in [3.05, 3.63) is 113 Å². The van der Waals surface area contributed by atoms with Crippen molar-refractivity contribution in [3.63, 3.8) is 0 Å². The first-order valence-electron chi connectivity index (χ1n) is 10.7. The SMILES string of the molecule is Cc1ccc(-c2nc3ccccc3c3cc4ccc(-c5ccc([N+](=O)[O-])cc5)cn4c23)cc1. The highest BCUT2D eigenvalue weighted by Crippen LogP contribution is 2.36. The molecule has 0 amide bonds. The molecule has 3 aromatic heterocycles. The van der Waals surface area contributed by atoms with Gasteiger partial charge in [-0.1, -0.05) is 54.1 Å². The lowest BCUT2D eigenvalue weighted by molar-refractivity contribution is -0.384. The van der Waals surface area contributed by atoms with Gasteiger partial charge in [-0.3, -0.25) is 10.1 Å². The Balaban J connectivity index is 1.65. The standard InChI is InChI=1S/C28H19N3O2/c1-18-6-8-20(9-7-18)27-28-25(24-4-2-3-5-26(24)29-27)16-23-15-12-21(17-30(23)28)19-10-13-22(14-11-19)31(32)33/h2-17H,1H3.